The number of aromatic nitrogens is 4. The van der Waals surface area contributed by atoms with Gasteiger partial charge in [0, 0.05) is 31.0 Å². The van der Waals surface area contributed by atoms with Crippen molar-refractivity contribution in [1.82, 2.24) is 19.6 Å². The smallest absolute Gasteiger partial charge is 0.209 e. The van der Waals surface area contributed by atoms with Crippen molar-refractivity contribution in [2.24, 2.45) is 0 Å². The number of hydrogen-bond acceptors (Lipinski definition) is 4. The van der Waals surface area contributed by atoms with E-state index in [1.54, 1.807) is 16.9 Å². The lowest BCUT2D eigenvalue weighted by Gasteiger charge is -2.34. The molecule has 3 heterocycles. The highest BCUT2D eigenvalue weighted by atomic mass is 16.1. The normalized spacial score (nSPS) is 14.7. The van der Waals surface area contributed by atoms with Gasteiger partial charge < -0.3 is 4.90 Å². The van der Waals surface area contributed by atoms with Gasteiger partial charge in [0.2, 0.25) is 5.43 Å². The summed E-state index contributed by atoms with van der Waals surface area (Å²) in [5, 5.41) is 9.18. The Kier molecular flexibility index (Phi) is 5.12. The monoisotopic (exact) mass is 411 g/mol. The fourth-order valence-electron chi connectivity index (χ4n) is 4.27. The summed E-state index contributed by atoms with van der Waals surface area (Å²) in [6.07, 6.45) is 5.51. The summed E-state index contributed by atoms with van der Waals surface area (Å²) < 4.78 is 3.74. The van der Waals surface area contributed by atoms with Crippen LogP contribution in [0.3, 0.4) is 0 Å². The number of aryl methyl sites for hydroxylation is 1. The van der Waals surface area contributed by atoms with Crippen molar-refractivity contribution in [1.29, 1.82) is 0 Å². The first kappa shape index (κ1) is 19.3. The third-order valence-corrected chi connectivity index (χ3v) is 5.92. The van der Waals surface area contributed by atoms with Crippen LogP contribution in [0, 0.1) is 6.92 Å². The molecule has 31 heavy (non-hydrogen) atoms. The van der Waals surface area contributed by atoms with Gasteiger partial charge in [0.15, 0.2) is 5.69 Å². The Morgan fingerprint density at radius 3 is 2.45 bits per heavy atom. The maximum atomic E-state index is 12.7. The first-order chi connectivity index (χ1) is 15.2. The van der Waals surface area contributed by atoms with E-state index in [4.69, 9.17) is 5.10 Å². The molecule has 4 aromatic rings. The first-order valence-electron chi connectivity index (χ1n) is 10.7. The molecule has 0 atom stereocenters. The van der Waals surface area contributed by atoms with E-state index in [-0.39, 0.29) is 11.5 Å². The van der Waals surface area contributed by atoms with Crippen LogP contribution < -0.4 is 10.3 Å². The number of piperidine rings is 1. The maximum absolute atomic E-state index is 12.7. The summed E-state index contributed by atoms with van der Waals surface area (Å²) in [5.41, 5.74) is 4.52. The van der Waals surface area contributed by atoms with E-state index < -0.39 is 0 Å². The van der Waals surface area contributed by atoms with E-state index in [0.29, 0.717) is 11.4 Å². The third kappa shape index (κ3) is 3.89. The Balaban J connectivity index is 1.40. The Morgan fingerprint density at radius 2 is 1.68 bits per heavy atom. The standard InChI is InChI=1S/C25H25N5O/c1-19-6-5-9-22(18-19)28-15-11-20(12-16-28)29-17-13-24(31)25(27-29)23-10-14-26-30(23)21-7-3-2-4-8-21/h2-10,13-14,17-18,20H,11-12,15-16H2,1H3. The zero-order valence-corrected chi connectivity index (χ0v) is 17.6. The van der Waals surface area contributed by atoms with E-state index in [1.807, 2.05) is 47.3 Å². The predicted octanol–water partition coefficient (Wildman–Crippen LogP) is 4.25. The summed E-state index contributed by atoms with van der Waals surface area (Å²) >= 11 is 0. The lowest BCUT2D eigenvalue weighted by atomic mass is 10.0. The number of anilines is 1. The van der Waals surface area contributed by atoms with Gasteiger partial charge in [-0.25, -0.2) is 4.68 Å². The van der Waals surface area contributed by atoms with Gasteiger partial charge in [-0.3, -0.25) is 9.48 Å². The van der Waals surface area contributed by atoms with Crippen molar-refractivity contribution in [2.75, 3.05) is 18.0 Å². The summed E-state index contributed by atoms with van der Waals surface area (Å²) in [6, 6.07) is 22.2. The molecule has 6 nitrogen and oxygen atoms in total. The van der Waals surface area contributed by atoms with Crippen LogP contribution >= 0.6 is 0 Å². The van der Waals surface area contributed by atoms with Gasteiger partial charge in [-0.1, -0.05) is 30.3 Å². The van der Waals surface area contributed by atoms with Crippen LogP contribution in [-0.4, -0.2) is 32.7 Å². The molecule has 5 rings (SSSR count). The van der Waals surface area contributed by atoms with Gasteiger partial charge >= 0.3 is 0 Å². The summed E-state index contributed by atoms with van der Waals surface area (Å²) in [4.78, 5) is 15.1. The molecule has 0 aliphatic carbocycles. The molecule has 156 valence electrons. The number of hydrogen-bond donors (Lipinski definition) is 0. The highest BCUT2D eigenvalue weighted by molar-refractivity contribution is 5.56. The second-order valence-corrected chi connectivity index (χ2v) is 8.03. The highest BCUT2D eigenvalue weighted by Crippen LogP contribution is 2.27. The van der Waals surface area contributed by atoms with Crippen LogP contribution in [0.15, 0.2) is 83.9 Å². The minimum atomic E-state index is -0.0915. The highest BCUT2D eigenvalue weighted by Gasteiger charge is 2.22. The van der Waals surface area contributed by atoms with Gasteiger partial charge in [-0.05, 0) is 55.7 Å². The number of rotatable bonds is 4. The Hall–Kier alpha value is -3.67. The van der Waals surface area contributed by atoms with Crippen LogP contribution in [-0.2, 0) is 0 Å². The van der Waals surface area contributed by atoms with E-state index in [9.17, 15) is 4.79 Å². The Bertz CT molecular complexity index is 1240. The molecular weight excluding hydrogens is 386 g/mol. The predicted molar refractivity (Wildman–Crippen MR) is 123 cm³/mol. The minimum Gasteiger partial charge on any atom is -0.371 e. The summed E-state index contributed by atoms with van der Waals surface area (Å²) in [5.74, 6) is 0. The number of para-hydroxylation sites is 1. The van der Waals surface area contributed by atoms with Crippen molar-refractivity contribution in [2.45, 2.75) is 25.8 Å². The maximum Gasteiger partial charge on any atom is 0.209 e. The molecule has 0 saturated carbocycles. The van der Waals surface area contributed by atoms with Gasteiger partial charge in [0.1, 0.15) is 0 Å². The molecule has 2 aromatic carbocycles. The van der Waals surface area contributed by atoms with Crippen molar-refractivity contribution >= 4 is 5.69 Å². The lowest BCUT2D eigenvalue weighted by molar-refractivity contribution is 0.362. The minimum absolute atomic E-state index is 0.0915. The fourth-order valence-corrected chi connectivity index (χ4v) is 4.27. The van der Waals surface area contributed by atoms with Crippen molar-refractivity contribution in [3.05, 3.63) is 94.9 Å². The largest absolute Gasteiger partial charge is 0.371 e. The van der Waals surface area contributed by atoms with Crippen LogP contribution in [0.5, 0.6) is 0 Å². The average Bonchev–Trinajstić information content (AvgIpc) is 3.30. The molecule has 1 saturated heterocycles. The van der Waals surface area contributed by atoms with Gasteiger partial charge in [-0.15, -0.1) is 0 Å². The third-order valence-electron chi connectivity index (χ3n) is 5.92. The lowest BCUT2D eigenvalue weighted by Crippen LogP contribution is -2.35. The molecule has 0 bridgehead atoms. The molecule has 2 aromatic heterocycles. The molecule has 0 spiro atoms. The summed E-state index contributed by atoms with van der Waals surface area (Å²) in [6.45, 7) is 4.07. The Labute approximate surface area is 181 Å². The zero-order valence-electron chi connectivity index (χ0n) is 17.6. The van der Waals surface area contributed by atoms with Crippen LogP contribution in [0.25, 0.3) is 17.1 Å². The van der Waals surface area contributed by atoms with Gasteiger partial charge in [0.25, 0.3) is 0 Å². The number of nitrogens with zero attached hydrogens (tertiary/aromatic N) is 5. The molecule has 1 fully saturated rings. The Morgan fingerprint density at radius 1 is 0.903 bits per heavy atom. The zero-order chi connectivity index (χ0) is 21.2. The van der Waals surface area contributed by atoms with Crippen LogP contribution in [0.2, 0.25) is 0 Å². The second-order valence-electron chi connectivity index (χ2n) is 8.03. The molecule has 0 radical (unpaired) electrons. The fraction of sp³-hybridized carbons (Fsp3) is 0.240. The van der Waals surface area contributed by atoms with Crippen LogP contribution in [0.4, 0.5) is 5.69 Å². The van der Waals surface area contributed by atoms with E-state index >= 15 is 0 Å². The topological polar surface area (TPSA) is 56.0 Å². The van der Waals surface area contributed by atoms with E-state index in [0.717, 1.165) is 31.6 Å². The SMILES string of the molecule is Cc1cccc(N2CCC(n3ccc(=O)c(-c4ccnn4-c4ccccc4)n3)CC2)c1. The van der Waals surface area contributed by atoms with E-state index in [2.05, 4.69) is 41.2 Å². The van der Waals surface area contributed by atoms with Crippen molar-refractivity contribution in [3.8, 4) is 17.1 Å². The quantitative estimate of drug-likeness (QED) is 0.504. The number of benzene rings is 2. The molecule has 1 aliphatic rings. The van der Waals surface area contributed by atoms with Crippen molar-refractivity contribution in [3.63, 3.8) is 0 Å². The van der Waals surface area contributed by atoms with E-state index in [1.165, 1.54) is 11.3 Å². The molecule has 6 heteroatoms. The second kappa shape index (κ2) is 8.22. The first-order valence-corrected chi connectivity index (χ1v) is 10.7. The molecule has 0 unspecified atom stereocenters. The van der Waals surface area contributed by atoms with Crippen molar-refractivity contribution < 1.29 is 0 Å². The average molecular weight is 412 g/mol. The molecular formula is C25H25N5O. The van der Waals surface area contributed by atoms with Crippen LogP contribution in [0.1, 0.15) is 24.4 Å². The molecule has 0 N–H and O–H groups in total. The summed E-state index contributed by atoms with van der Waals surface area (Å²) in [7, 11) is 0. The van der Waals surface area contributed by atoms with Gasteiger partial charge in [-0.2, -0.15) is 10.2 Å². The molecule has 0 amide bonds. The molecule has 1 aliphatic heterocycles. The van der Waals surface area contributed by atoms with Gasteiger partial charge in [0.05, 0.1) is 23.6 Å².